The third-order valence-corrected chi connectivity index (χ3v) is 3.76. The molecular weight excluding hydrogens is 336 g/mol. The van der Waals surface area contributed by atoms with Gasteiger partial charge in [0.25, 0.3) is 0 Å². The van der Waals surface area contributed by atoms with Crippen LogP contribution in [0.4, 0.5) is 5.69 Å². The summed E-state index contributed by atoms with van der Waals surface area (Å²) < 4.78 is 11.8. The molecule has 2 unspecified atom stereocenters. The van der Waals surface area contributed by atoms with Crippen LogP contribution in [0, 0.1) is 11.3 Å². The van der Waals surface area contributed by atoms with Gasteiger partial charge in [-0.25, -0.2) is 0 Å². The molecule has 2 rings (SSSR count). The Bertz CT molecular complexity index is 498. The van der Waals surface area contributed by atoms with Gasteiger partial charge in [-0.1, -0.05) is 15.9 Å². The number of ether oxygens (including phenoxy) is 2. The van der Waals surface area contributed by atoms with Crippen LogP contribution in [0.3, 0.4) is 0 Å². The summed E-state index contributed by atoms with van der Waals surface area (Å²) in [5, 5.41) is 22.0. The molecule has 0 aliphatic carbocycles. The van der Waals surface area contributed by atoms with Crippen molar-refractivity contribution in [2.45, 2.75) is 25.0 Å². The van der Waals surface area contributed by atoms with Crippen molar-refractivity contribution < 1.29 is 14.6 Å². The van der Waals surface area contributed by atoms with Crippen molar-refractivity contribution in [3.8, 4) is 6.07 Å². The first-order valence-electron chi connectivity index (χ1n) is 7.00. The van der Waals surface area contributed by atoms with E-state index in [0.717, 1.165) is 23.9 Å². The van der Waals surface area contributed by atoms with Crippen LogP contribution in [-0.2, 0) is 9.47 Å². The van der Waals surface area contributed by atoms with Gasteiger partial charge < -0.3 is 19.9 Å². The van der Waals surface area contributed by atoms with E-state index in [-0.39, 0.29) is 12.7 Å². The first-order valence-corrected chi connectivity index (χ1v) is 7.79. The maximum Gasteiger partial charge on any atom is 0.101 e. The minimum absolute atomic E-state index is 0.167. The molecular formula is C15H19BrN2O3. The number of nitriles is 1. The zero-order valence-corrected chi connectivity index (χ0v) is 13.3. The van der Waals surface area contributed by atoms with Crippen molar-refractivity contribution in [2.24, 2.45) is 0 Å². The highest BCUT2D eigenvalue weighted by Gasteiger charge is 2.16. The number of aliphatic hydroxyl groups excluding tert-OH is 1. The first kappa shape index (κ1) is 16.2. The van der Waals surface area contributed by atoms with Gasteiger partial charge in [0.15, 0.2) is 0 Å². The molecule has 1 aliphatic heterocycles. The Hall–Kier alpha value is -1.13. The maximum absolute atomic E-state index is 9.89. The van der Waals surface area contributed by atoms with Gasteiger partial charge >= 0.3 is 0 Å². The predicted molar refractivity (Wildman–Crippen MR) is 83.1 cm³/mol. The van der Waals surface area contributed by atoms with E-state index in [4.69, 9.17) is 14.7 Å². The summed E-state index contributed by atoms with van der Waals surface area (Å²) in [5.41, 5.74) is 1.25. The minimum atomic E-state index is -0.628. The summed E-state index contributed by atoms with van der Waals surface area (Å²) in [6.07, 6.45) is 1.65. The monoisotopic (exact) mass is 354 g/mol. The Labute approximate surface area is 133 Å². The SMILES string of the molecule is N#Cc1ccc(Br)cc1NCC(O)COCC1CCCO1. The fourth-order valence-electron chi connectivity index (χ4n) is 2.16. The topological polar surface area (TPSA) is 74.5 Å². The van der Waals surface area contributed by atoms with E-state index >= 15 is 0 Å². The summed E-state index contributed by atoms with van der Waals surface area (Å²) in [7, 11) is 0. The first-order chi connectivity index (χ1) is 10.2. The number of hydrogen-bond acceptors (Lipinski definition) is 5. The number of nitrogens with zero attached hydrogens (tertiary/aromatic N) is 1. The van der Waals surface area contributed by atoms with Crippen LogP contribution in [0.2, 0.25) is 0 Å². The quantitative estimate of drug-likeness (QED) is 0.785. The molecule has 21 heavy (non-hydrogen) atoms. The number of hydrogen-bond donors (Lipinski definition) is 2. The number of halogens is 1. The standard InChI is InChI=1S/C15H19BrN2O3/c16-12-4-3-11(7-17)15(6-12)18-8-13(19)9-20-10-14-2-1-5-21-14/h3-4,6,13-14,18-19H,1-2,5,8-10H2. The molecule has 0 bridgehead atoms. The van der Waals surface area contributed by atoms with Crippen LogP contribution in [0.5, 0.6) is 0 Å². The van der Waals surface area contributed by atoms with E-state index in [1.165, 1.54) is 0 Å². The molecule has 2 atom stereocenters. The van der Waals surface area contributed by atoms with E-state index in [1.807, 2.05) is 12.1 Å². The number of rotatable bonds is 7. The van der Waals surface area contributed by atoms with Crippen LogP contribution in [0.15, 0.2) is 22.7 Å². The molecule has 5 nitrogen and oxygen atoms in total. The second-order valence-corrected chi connectivity index (χ2v) is 5.92. The van der Waals surface area contributed by atoms with E-state index in [0.29, 0.717) is 24.4 Å². The Morgan fingerprint density at radius 3 is 3.14 bits per heavy atom. The van der Waals surface area contributed by atoms with Crippen molar-refractivity contribution >= 4 is 21.6 Å². The Morgan fingerprint density at radius 1 is 1.57 bits per heavy atom. The fourth-order valence-corrected chi connectivity index (χ4v) is 2.52. The zero-order valence-electron chi connectivity index (χ0n) is 11.7. The van der Waals surface area contributed by atoms with Crippen molar-refractivity contribution in [1.82, 2.24) is 0 Å². The van der Waals surface area contributed by atoms with Crippen molar-refractivity contribution in [3.05, 3.63) is 28.2 Å². The Kier molecular flexibility index (Phi) is 6.46. The average Bonchev–Trinajstić information content (AvgIpc) is 2.98. The normalized spacial score (nSPS) is 19.2. The molecule has 0 radical (unpaired) electrons. The molecule has 2 N–H and O–H groups in total. The summed E-state index contributed by atoms with van der Waals surface area (Å²) >= 11 is 3.36. The lowest BCUT2D eigenvalue weighted by atomic mass is 10.2. The molecule has 1 saturated heterocycles. The predicted octanol–water partition coefficient (Wildman–Crippen LogP) is 2.29. The van der Waals surface area contributed by atoms with Crippen LogP contribution in [-0.4, -0.2) is 43.7 Å². The van der Waals surface area contributed by atoms with Gasteiger partial charge in [-0.05, 0) is 31.0 Å². The lowest BCUT2D eigenvalue weighted by Crippen LogP contribution is -2.27. The Balaban J connectivity index is 1.72. The van der Waals surface area contributed by atoms with E-state index in [2.05, 4.69) is 27.3 Å². The third-order valence-electron chi connectivity index (χ3n) is 3.27. The lowest BCUT2D eigenvalue weighted by molar-refractivity contribution is -0.0137. The molecule has 1 heterocycles. The van der Waals surface area contributed by atoms with Gasteiger partial charge in [-0.15, -0.1) is 0 Å². The van der Waals surface area contributed by atoms with Crippen LogP contribution >= 0.6 is 15.9 Å². The van der Waals surface area contributed by atoms with E-state index in [1.54, 1.807) is 6.07 Å². The van der Waals surface area contributed by atoms with Gasteiger partial charge in [-0.2, -0.15) is 5.26 Å². The highest BCUT2D eigenvalue weighted by Crippen LogP contribution is 2.20. The largest absolute Gasteiger partial charge is 0.389 e. The van der Waals surface area contributed by atoms with Gasteiger partial charge in [0, 0.05) is 17.6 Å². The molecule has 1 aromatic carbocycles. The number of anilines is 1. The van der Waals surface area contributed by atoms with Gasteiger partial charge in [0.2, 0.25) is 0 Å². The summed E-state index contributed by atoms with van der Waals surface area (Å²) in [4.78, 5) is 0. The van der Waals surface area contributed by atoms with Crippen molar-refractivity contribution in [1.29, 1.82) is 5.26 Å². The highest BCUT2D eigenvalue weighted by atomic mass is 79.9. The lowest BCUT2D eigenvalue weighted by Gasteiger charge is -2.16. The molecule has 0 spiro atoms. The highest BCUT2D eigenvalue weighted by molar-refractivity contribution is 9.10. The summed E-state index contributed by atoms with van der Waals surface area (Å²) in [6.45, 7) is 1.91. The van der Waals surface area contributed by atoms with Gasteiger partial charge in [0.05, 0.1) is 36.7 Å². The van der Waals surface area contributed by atoms with E-state index < -0.39 is 6.10 Å². The number of aliphatic hydroxyl groups is 1. The second-order valence-electron chi connectivity index (χ2n) is 5.01. The van der Waals surface area contributed by atoms with Crippen molar-refractivity contribution in [3.63, 3.8) is 0 Å². The number of benzene rings is 1. The molecule has 0 saturated carbocycles. The van der Waals surface area contributed by atoms with Crippen molar-refractivity contribution in [2.75, 3.05) is 31.7 Å². The second kappa shape index (κ2) is 8.35. The molecule has 114 valence electrons. The average molecular weight is 355 g/mol. The van der Waals surface area contributed by atoms with Crippen LogP contribution in [0.25, 0.3) is 0 Å². The summed E-state index contributed by atoms with van der Waals surface area (Å²) in [6, 6.07) is 7.47. The minimum Gasteiger partial charge on any atom is -0.389 e. The molecule has 1 aromatic rings. The smallest absolute Gasteiger partial charge is 0.101 e. The molecule has 0 amide bonds. The molecule has 1 aliphatic rings. The third kappa shape index (κ3) is 5.29. The maximum atomic E-state index is 9.89. The van der Waals surface area contributed by atoms with Crippen LogP contribution in [0.1, 0.15) is 18.4 Å². The molecule has 6 heteroatoms. The van der Waals surface area contributed by atoms with E-state index in [9.17, 15) is 5.11 Å². The fraction of sp³-hybridized carbons (Fsp3) is 0.533. The molecule has 1 fully saturated rings. The Morgan fingerprint density at radius 2 is 2.43 bits per heavy atom. The molecule has 0 aromatic heterocycles. The summed E-state index contributed by atoms with van der Waals surface area (Å²) in [5.74, 6) is 0. The van der Waals surface area contributed by atoms with Gasteiger partial charge in [-0.3, -0.25) is 0 Å². The van der Waals surface area contributed by atoms with Gasteiger partial charge in [0.1, 0.15) is 6.07 Å². The zero-order chi connectivity index (χ0) is 15.1. The van der Waals surface area contributed by atoms with Crippen LogP contribution < -0.4 is 5.32 Å². The number of nitrogens with one attached hydrogen (secondary N) is 1.